The Labute approximate surface area is 226 Å². The second kappa shape index (κ2) is 17.7. The quantitative estimate of drug-likeness (QED) is 0.0895. The molecule has 0 aromatic heterocycles. The molecule has 0 bridgehead atoms. The van der Waals surface area contributed by atoms with Crippen molar-refractivity contribution in [2.24, 2.45) is 17.2 Å². The van der Waals surface area contributed by atoms with Crippen molar-refractivity contribution in [1.29, 1.82) is 0 Å². The first-order chi connectivity index (χ1) is 18.5. The van der Waals surface area contributed by atoms with Gasteiger partial charge in [-0.15, -0.1) is 0 Å². The highest BCUT2D eigenvalue weighted by molar-refractivity contribution is 5.95. The van der Waals surface area contributed by atoms with Crippen LogP contribution in [0.2, 0.25) is 0 Å². The first kappa shape index (κ1) is 33.3. The van der Waals surface area contributed by atoms with Gasteiger partial charge in [0.1, 0.15) is 23.9 Å². The second-order valence-corrected chi connectivity index (χ2v) is 9.17. The number of nitrogens with one attached hydrogen (secondary N) is 3. The molecule has 39 heavy (non-hydrogen) atoms. The fraction of sp³-hybridized carbons (Fsp3) is 0.560. The fourth-order valence-corrected chi connectivity index (χ4v) is 3.70. The summed E-state index contributed by atoms with van der Waals surface area (Å²) in [4.78, 5) is 61.6. The summed E-state index contributed by atoms with van der Waals surface area (Å²) >= 11 is 0. The number of carbonyl (C=O) groups is 5. The molecular weight excluding hydrogens is 512 g/mol. The molecule has 1 aromatic rings. The largest absolute Gasteiger partial charge is 0.508 e. The number of carboxylic acid groups (broad SMARTS) is 2. The number of amides is 3. The summed E-state index contributed by atoms with van der Waals surface area (Å²) in [5.41, 5.74) is 17.5. The van der Waals surface area contributed by atoms with E-state index < -0.39 is 60.2 Å². The average molecular weight is 553 g/mol. The van der Waals surface area contributed by atoms with Crippen LogP contribution < -0.4 is 33.2 Å². The number of benzene rings is 1. The van der Waals surface area contributed by atoms with Gasteiger partial charge in [0.15, 0.2) is 0 Å². The van der Waals surface area contributed by atoms with Gasteiger partial charge in [-0.3, -0.25) is 19.2 Å². The van der Waals surface area contributed by atoms with E-state index in [0.29, 0.717) is 44.3 Å². The summed E-state index contributed by atoms with van der Waals surface area (Å²) in [7, 11) is 0. The van der Waals surface area contributed by atoms with E-state index in [-0.39, 0.29) is 25.0 Å². The van der Waals surface area contributed by atoms with Crippen LogP contribution in [0.5, 0.6) is 5.75 Å². The molecule has 0 aliphatic carbocycles. The SMILES string of the molecule is NCCCCC(NC(=O)C(CCCCN)NC(=O)C(CC(=O)O)NC(=O)C(N)Cc1ccc(O)cc1)C(=O)O. The Morgan fingerprint density at radius 3 is 1.72 bits per heavy atom. The van der Waals surface area contributed by atoms with Gasteiger partial charge in [0, 0.05) is 0 Å². The van der Waals surface area contributed by atoms with Crippen LogP contribution in [0, 0.1) is 0 Å². The van der Waals surface area contributed by atoms with Crippen molar-refractivity contribution in [3.8, 4) is 5.75 Å². The van der Waals surface area contributed by atoms with E-state index >= 15 is 0 Å². The molecule has 1 aromatic carbocycles. The summed E-state index contributed by atoms with van der Waals surface area (Å²) in [6, 6.07) is 0.888. The molecule has 0 aliphatic rings. The minimum atomic E-state index is -1.55. The van der Waals surface area contributed by atoms with Gasteiger partial charge in [-0.05, 0) is 75.7 Å². The van der Waals surface area contributed by atoms with E-state index in [1.54, 1.807) is 12.1 Å². The van der Waals surface area contributed by atoms with Gasteiger partial charge in [-0.25, -0.2) is 4.79 Å². The Bertz CT molecular complexity index is 958. The van der Waals surface area contributed by atoms with Gasteiger partial charge < -0.3 is 48.5 Å². The Balaban J connectivity index is 2.96. The lowest BCUT2D eigenvalue weighted by molar-refractivity contribution is -0.143. The van der Waals surface area contributed by atoms with Crippen LogP contribution >= 0.6 is 0 Å². The van der Waals surface area contributed by atoms with Crippen molar-refractivity contribution in [2.45, 2.75) is 75.5 Å². The molecule has 3 amide bonds. The van der Waals surface area contributed by atoms with Crippen LogP contribution in [0.25, 0.3) is 0 Å². The molecule has 0 saturated heterocycles. The zero-order chi connectivity index (χ0) is 29.4. The van der Waals surface area contributed by atoms with Gasteiger partial charge in [0.05, 0.1) is 12.5 Å². The maximum absolute atomic E-state index is 13.0. The first-order valence-electron chi connectivity index (χ1n) is 12.8. The molecule has 14 heteroatoms. The normalized spacial score (nSPS) is 13.9. The molecule has 0 heterocycles. The number of nitrogens with two attached hydrogens (primary N) is 3. The van der Waals surface area contributed by atoms with Gasteiger partial charge in [-0.1, -0.05) is 12.1 Å². The number of aromatic hydroxyl groups is 1. The number of phenolic OH excluding ortho intramolecular Hbond substituents is 1. The summed E-state index contributed by atoms with van der Waals surface area (Å²) in [6.45, 7) is 0.698. The Hall–Kier alpha value is -3.75. The molecule has 12 N–H and O–H groups in total. The van der Waals surface area contributed by atoms with Crippen molar-refractivity contribution in [1.82, 2.24) is 16.0 Å². The summed E-state index contributed by atoms with van der Waals surface area (Å²) < 4.78 is 0. The number of phenols is 1. The average Bonchev–Trinajstić information content (AvgIpc) is 2.88. The molecule has 0 radical (unpaired) electrons. The molecule has 0 saturated carbocycles. The third kappa shape index (κ3) is 13.0. The van der Waals surface area contributed by atoms with Crippen molar-refractivity contribution >= 4 is 29.7 Å². The van der Waals surface area contributed by atoms with E-state index in [1.165, 1.54) is 12.1 Å². The fourth-order valence-electron chi connectivity index (χ4n) is 3.70. The molecule has 4 atom stereocenters. The number of hydrogen-bond donors (Lipinski definition) is 9. The van der Waals surface area contributed by atoms with Gasteiger partial charge in [0.2, 0.25) is 17.7 Å². The van der Waals surface area contributed by atoms with Crippen LogP contribution in [0.1, 0.15) is 50.5 Å². The number of rotatable bonds is 19. The lowest BCUT2D eigenvalue weighted by Gasteiger charge is -2.25. The Kier molecular flexibility index (Phi) is 15.1. The van der Waals surface area contributed by atoms with Crippen LogP contribution in [0.4, 0.5) is 0 Å². The topological polar surface area (TPSA) is 260 Å². The van der Waals surface area contributed by atoms with E-state index in [4.69, 9.17) is 17.2 Å². The van der Waals surface area contributed by atoms with Crippen LogP contribution in [0.15, 0.2) is 24.3 Å². The summed E-state index contributed by atoms with van der Waals surface area (Å²) in [5, 5.41) is 35.3. The molecule has 0 aliphatic heterocycles. The Morgan fingerprint density at radius 1 is 0.718 bits per heavy atom. The highest BCUT2D eigenvalue weighted by Crippen LogP contribution is 2.11. The second-order valence-electron chi connectivity index (χ2n) is 9.17. The maximum atomic E-state index is 13.0. The number of carbonyl (C=O) groups excluding carboxylic acids is 3. The highest BCUT2D eigenvalue weighted by Gasteiger charge is 2.31. The van der Waals surface area contributed by atoms with E-state index in [1.807, 2.05) is 0 Å². The van der Waals surface area contributed by atoms with Gasteiger partial charge in [0.25, 0.3) is 0 Å². The smallest absolute Gasteiger partial charge is 0.326 e. The molecule has 0 fully saturated rings. The molecule has 14 nitrogen and oxygen atoms in total. The minimum Gasteiger partial charge on any atom is -0.508 e. The van der Waals surface area contributed by atoms with E-state index in [9.17, 15) is 39.3 Å². The molecule has 0 spiro atoms. The molecule has 218 valence electrons. The van der Waals surface area contributed by atoms with Crippen molar-refractivity contribution in [3.05, 3.63) is 29.8 Å². The molecule has 4 unspecified atom stereocenters. The van der Waals surface area contributed by atoms with Crippen molar-refractivity contribution < 1.29 is 39.3 Å². The summed E-state index contributed by atoms with van der Waals surface area (Å²) in [5.74, 6) is -5.08. The van der Waals surface area contributed by atoms with Gasteiger partial charge >= 0.3 is 11.9 Å². The number of hydrogen-bond acceptors (Lipinski definition) is 9. The van der Waals surface area contributed by atoms with Crippen LogP contribution in [-0.2, 0) is 30.4 Å². The predicted molar refractivity (Wildman–Crippen MR) is 141 cm³/mol. The lowest BCUT2D eigenvalue weighted by Crippen LogP contribution is -2.57. The third-order valence-corrected chi connectivity index (χ3v) is 5.88. The number of carboxylic acids is 2. The maximum Gasteiger partial charge on any atom is 0.326 e. The first-order valence-corrected chi connectivity index (χ1v) is 12.8. The lowest BCUT2D eigenvalue weighted by atomic mass is 10.0. The molecule has 1 rings (SSSR count). The van der Waals surface area contributed by atoms with Crippen LogP contribution in [0.3, 0.4) is 0 Å². The third-order valence-electron chi connectivity index (χ3n) is 5.88. The zero-order valence-electron chi connectivity index (χ0n) is 21.8. The standard InChI is InChI=1S/C25H40N6O8/c26-11-3-1-5-18(23(36)30-19(25(38)39)6-2-4-12-27)29-24(37)20(14-21(33)34)31-22(35)17(28)13-15-7-9-16(32)10-8-15/h7-10,17-20,32H,1-6,11-14,26-28H2,(H,29,37)(H,30,36)(H,31,35)(H,33,34)(H,38,39). The predicted octanol–water partition coefficient (Wildman–Crippen LogP) is -1.47. The van der Waals surface area contributed by atoms with E-state index in [0.717, 1.165) is 0 Å². The zero-order valence-corrected chi connectivity index (χ0v) is 21.8. The van der Waals surface area contributed by atoms with Gasteiger partial charge in [-0.2, -0.15) is 0 Å². The van der Waals surface area contributed by atoms with Crippen molar-refractivity contribution in [2.75, 3.05) is 13.1 Å². The monoisotopic (exact) mass is 552 g/mol. The minimum absolute atomic E-state index is 0.0326. The van der Waals surface area contributed by atoms with E-state index in [2.05, 4.69) is 16.0 Å². The number of aliphatic carboxylic acids is 2. The molecular formula is C25H40N6O8. The highest BCUT2D eigenvalue weighted by atomic mass is 16.4. The number of unbranched alkanes of at least 4 members (excludes halogenated alkanes) is 2. The summed E-state index contributed by atoms with van der Waals surface area (Å²) in [6.07, 6.45) is 1.51. The Morgan fingerprint density at radius 2 is 1.21 bits per heavy atom. The van der Waals surface area contributed by atoms with Crippen molar-refractivity contribution in [3.63, 3.8) is 0 Å². The van der Waals surface area contributed by atoms with Crippen LogP contribution in [-0.4, -0.2) is 82.2 Å².